The zero-order chi connectivity index (χ0) is 22.0. The zero-order valence-corrected chi connectivity index (χ0v) is 19.8. The lowest BCUT2D eigenvalue weighted by Crippen LogP contribution is -2.29. The fourth-order valence-electron chi connectivity index (χ4n) is 3.60. The Bertz CT molecular complexity index is 1170. The van der Waals surface area contributed by atoms with E-state index in [1.54, 1.807) is 0 Å². The van der Waals surface area contributed by atoms with Gasteiger partial charge in [-0.15, -0.1) is 0 Å². The highest BCUT2D eigenvalue weighted by molar-refractivity contribution is 9.10. The van der Waals surface area contributed by atoms with Crippen molar-refractivity contribution in [3.63, 3.8) is 0 Å². The molecule has 0 radical (unpaired) electrons. The fourth-order valence-corrected chi connectivity index (χ4v) is 4.14. The molecule has 0 aliphatic carbocycles. The molecule has 1 N–H and O–H groups in total. The molecule has 0 aliphatic rings. The molecule has 1 aromatic heterocycles. The number of aromatic nitrogens is 1. The summed E-state index contributed by atoms with van der Waals surface area (Å²) in [4.78, 5) is 26.2. The van der Waals surface area contributed by atoms with Crippen LogP contribution in [0.15, 0.2) is 51.7 Å². The van der Waals surface area contributed by atoms with Gasteiger partial charge in [0.05, 0.1) is 4.47 Å². The first-order chi connectivity index (χ1) is 14.2. The highest BCUT2D eigenvalue weighted by atomic mass is 79.9. The van der Waals surface area contributed by atoms with Crippen LogP contribution in [0, 0.1) is 20.8 Å². The molecule has 6 heteroatoms. The average molecular weight is 488 g/mol. The van der Waals surface area contributed by atoms with Gasteiger partial charge in [-0.2, -0.15) is 0 Å². The van der Waals surface area contributed by atoms with E-state index in [9.17, 15) is 9.59 Å². The molecule has 0 fully saturated rings. The number of hydrogen-bond donors (Lipinski definition) is 1. The number of nitrogens with zero attached hydrogens (tertiary/aromatic N) is 1. The van der Waals surface area contributed by atoms with E-state index in [4.69, 9.17) is 11.6 Å². The molecule has 30 heavy (non-hydrogen) atoms. The first-order valence-corrected chi connectivity index (χ1v) is 11.0. The summed E-state index contributed by atoms with van der Waals surface area (Å²) in [5, 5.41) is 3.65. The van der Waals surface area contributed by atoms with Crippen molar-refractivity contribution in [3.8, 4) is 0 Å². The van der Waals surface area contributed by atoms with Crippen LogP contribution >= 0.6 is 27.5 Å². The van der Waals surface area contributed by atoms with Crippen LogP contribution < -0.4 is 10.7 Å². The number of carbonyl (C=O) groups excluding carboxylic acids is 1. The molecule has 0 saturated carbocycles. The Hall–Kier alpha value is -2.37. The molecule has 0 saturated heterocycles. The number of carbonyl (C=O) groups is 1. The van der Waals surface area contributed by atoms with E-state index >= 15 is 0 Å². The maximum absolute atomic E-state index is 13.2. The van der Waals surface area contributed by atoms with Crippen LogP contribution in [0.25, 0.3) is 0 Å². The van der Waals surface area contributed by atoms with Gasteiger partial charge < -0.3 is 9.88 Å². The highest BCUT2D eigenvalue weighted by Gasteiger charge is 2.22. The first kappa shape index (κ1) is 22.3. The maximum atomic E-state index is 13.2. The molecular formula is C24H24BrClN2O2. The summed E-state index contributed by atoms with van der Waals surface area (Å²) in [6, 6.07) is 13.4. The van der Waals surface area contributed by atoms with E-state index in [-0.39, 0.29) is 11.0 Å². The monoisotopic (exact) mass is 486 g/mol. The summed E-state index contributed by atoms with van der Waals surface area (Å²) in [5.74, 6) is -0.396. The molecule has 156 valence electrons. The van der Waals surface area contributed by atoms with Crippen LogP contribution in [0.4, 0.5) is 5.69 Å². The van der Waals surface area contributed by atoms with E-state index in [1.165, 1.54) is 0 Å². The number of rotatable bonds is 5. The van der Waals surface area contributed by atoms with Crippen LogP contribution in [-0.2, 0) is 13.0 Å². The van der Waals surface area contributed by atoms with Gasteiger partial charge in [0.15, 0.2) is 0 Å². The standard InChI is InChI=1S/C24H24BrClN2O2/c1-5-18-8-6-7-14(2)22(18)27-24(30)20-15(3)28(16(4)21(25)23(20)29)13-17-9-11-19(26)12-10-17/h6-12H,5,13H2,1-4H3,(H,27,30). The Morgan fingerprint density at radius 1 is 1.07 bits per heavy atom. The number of anilines is 1. The van der Waals surface area contributed by atoms with Crippen molar-refractivity contribution in [2.24, 2.45) is 0 Å². The number of pyridine rings is 1. The Labute approximate surface area is 190 Å². The van der Waals surface area contributed by atoms with Gasteiger partial charge in [-0.1, -0.05) is 48.9 Å². The molecule has 1 amide bonds. The number of nitrogens with one attached hydrogen (secondary N) is 1. The third-order valence-corrected chi connectivity index (χ3v) is 6.56. The molecule has 0 spiro atoms. The van der Waals surface area contributed by atoms with Crippen molar-refractivity contribution < 1.29 is 4.79 Å². The molecule has 0 unspecified atom stereocenters. The molecular weight excluding hydrogens is 464 g/mol. The summed E-state index contributed by atoms with van der Waals surface area (Å²) in [6.07, 6.45) is 0.786. The van der Waals surface area contributed by atoms with Crippen LogP contribution in [0.5, 0.6) is 0 Å². The van der Waals surface area contributed by atoms with Gasteiger partial charge >= 0.3 is 0 Å². The Morgan fingerprint density at radius 3 is 2.37 bits per heavy atom. The minimum Gasteiger partial charge on any atom is -0.343 e. The Kier molecular flexibility index (Phi) is 6.84. The Balaban J connectivity index is 2.07. The van der Waals surface area contributed by atoms with Gasteiger partial charge in [-0.3, -0.25) is 9.59 Å². The van der Waals surface area contributed by atoms with E-state index in [2.05, 4.69) is 21.2 Å². The predicted octanol–water partition coefficient (Wildman–Crippen LogP) is 6.05. The number of para-hydroxylation sites is 1. The van der Waals surface area contributed by atoms with Crippen molar-refractivity contribution in [3.05, 3.63) is 95.8 Å². The van der Waals surface area contributed by atoms with Gasteiger partial charge in [-0.05, 0) is 71.9 Å². The van der Waals surface area contributed by atoms with Crippen molar-refractivity contribution in [2.75, 3.05) is 5.32 Å². The second-order valence-electron chi connectivity index (χ2n) is 7.32. The lowest BCUT2D eigenvalue weighted by atomic mass is 10.0. The van der Waals surface area contributed by atoms with Crippen molar-refractivity contribution >= 4 is 39.1 Å². The summed E-state index contributed by atoms with van der Waals surface area (Å²) < 4.78 is 2.37. The lowest BCUT2D eigenvalue weighted by molar-refractivity contribution is 0.102. The van der Waals surface area contributed by atoms with Gasteiger partial charge in [0, 0.05) is 28.6 Å². The summed E-state index contributed by atoms with van der Waals surface area (Å²) in [7, 11) is 0. The summed E-state index contributed by atoms with van der Waals surface area (Å²) >= 11 is 9.40. The number of benzene rings is 2. The average Bonchev–Trinajstić information content (AvgIpc) is 2.72. The topological polar surface area (TPSA) is 51.1 Å². The molecule has 3 rings (SSSR count). The van der Waals surface area contributed by atoms with Crippen molar-refractivity contribution in [1.82, 2.24) is 4.57 Å². The van der Waals surface area contributed by atoms with Crippen LogP contribution in [-0.4, -0.2) is 10.5 Å². The van der Waals surface area contributed by atoms with E-state index in [0.29, 0.717) is 21.7 Å². The van der Waals surface area contributed by atoms with Crippen LogP contribution in [0.2, 0.25) is 5.02 Å². The summed E-state index contributed by atoms with van der Waals surface area (Å²) in [6.45, 7) is 8.19. The molecule has 4 nitrogen and oxygen atoms in total. The second-order valence-corrected chi connectivity index (χ2v) is 8.55. The maximum Gasteiger partial charge on any atom is 0.261 e. The SMILES string of the molecule is CCc1cccc(C)c1NC(=O)c1c(C)n(Cc2ccc(Cl)cc2)c(C)c(Br)c1=O. The Morgan fingerprint density at radius 2 is 1.73 bits per heavy atom. The highest BCUT2D eigenvalue weighted by Crippen LogP contribution is 2.24. The molecule has 0 atom stereocenters. The van der Waals surface area contributed by atoms with Crippen LogP contribution in [0.1, 0.15) is 45.4 Å². The number of hydrogen-bond acceptors (Lipinski definition) is 2. The van der Waals surface area contributed by atoms with Gasteiger partial charge in [-0.25, -0.2) is 0 Å². The smallest absolute Gasteiger partial charge is 0.261 e. The first-order valence-electron chi connectivity index (χ1n) is 9.78. The van der Waals surface area contributed by atoms with Gasteiger partial charge in [0.25, 0.3) is 5.91 Å². The molecule has 0 aliphatic heterocycles. The van der Waals surface area contributed by atoms with E-state index < -0.39 is 5.91 Å². The minimum absolute atomic E-state index is 0.145. The molecule has 1 heterocycles. The molecule has 3 aromatic rings. The predicted molar refractivity (Wildman–Crippen MR) is 127 cm³/mol. The quantitative estimate of drug-likeness (QED) is 0.476. The molecule has 0 bridgehead atoms. The van der Waals surface area contributed by atoms with Crippen LogP contribution in [0.3, 0.4) is 0 Å². The van der Waals surface area contributed by atoms with Gasteiger partial charge in [0.2, 0.25) is 5.43 Å². The van der Waals surface area contributed by atoms with Gasteiger partial charge in [0.1, 0.15) is 5.56 Å². The largest absolute Gasteiger partial charge is 0.343 e. The normalized spacial score (nSPS) is 10.9. The second kappa shape index (κ2) is 9.19. The van der Waals surface area contributed by atoms with E-state index in [1.807, 2.05) is 74.7 Å². The van der Waals surface area contributed by atoms with Crippen molar-refractivity contribution in [1.29, 1.82) is 0 Å². The number of aryl methyl sites for hydroxylation is 2. The van der Waals surface area contributed by atoms with Crippen molar-refractivity contribution in [2.45, 2.75) is 40.7 Å². The molecule has 2 aromatic carbocycles. The lowest BCUT2D eigenvalue weighted by Gasteiger charge is -2.20. The number of halogens is 2. The number of amides is 1. The third kappa shape index (κ3) is 4.37. The third-order valence-electron chi connectivity index (χ3n) is 5.38. The zero-order valence-electron chi connectivity index (χ0n) is 17.5. The minimum atomic E-state index is -0.396. The van der Waals surface area contributed by atoms with E-state index in [0.717, 1.165) is 34.5 Å². The summed E-state index contributed by atoms with van der Waals surface area (Å²) in [5.41, 5.74) is 5.04. The fraction of sp³-hybridized carbons (Fsp3) is 0.250.